The molecule has 1 aliphatic carbocycles. The Bertz CT molecular complexity index is 1160. The van der Waals surface area contributed by atoms with Crippen molar-refractivity contribution in [3.63, 3.8) is 0 Å². The van der Waals surface area contributed by atoms with Gasteiger partial charge in [0, 0.05) is 17.7 Å². The first-order valence-electron chi connectivity index (χ1n) is 11.0. The first-order chi connectivity index (χ1) is 14.9. The molecule has 1 aliphatic rings. The van der Waals surface area contributed by atoms with Crippen molar-refractivity contribution < 1.29 is 9.90 Å². The molecule has 3 nitrogen and oxygen atoms in total. The smallest absolute Gasteiger partial charge is 0.162 e. The van der Waals surface area contributed by atoms with E-state index in [9.17, 15) is 9.90 Å². The lowest BCUT2D eigenvalue weighted by molar-refractivity contribution is -0.122. The van der Waals surface area contributed by atoms with Crippen molar-refractivity contribution in [2.45, 2.75) is 33.6 Å². The zero-order chi connectivity index (χ0) is 22.0. The van der Waals surface area contributed by atoms with E-state index in [1.807, 2.05) is 60.7 Å². The highest BCUT2D eigenvalue weighted by Crippen LogP contribution is 2.35. The number of phenols is 1. The van der Waals surface area contributed by atoms with Crippen molar-refractivity contribution in [3.8, 4) is 5.75 Å². The van der Waals surface area contributed by atoms with Crippen LogP contribution in [-0.2, 0) is 4.79 Å². The maximum absolute atomic E-state index is 12.9. The summed E-state index contributed by atoms with van der Waals surface area (Å²) in [4.78, 5) is 17.5. The van der Waals surface area contributed by atoms with Gasteiger partial charge in [-0.2, -0.15) is 0 Å². The second-order valence-electron chi connectivity index (χ2n) is 8.86. The molecule has 1 saturated carbocycles. The monoisotopic (exact) mass is 411 g/mol. The molecule has 0 unspecified atom stereocenters. The Labute approximate surface area is 184 Å². The van der Waals surface area contributed by atoms with Gasteiger partial charge >= 0.3 is 0 Å². The van der Waals surface area contributed by atoms with E-state index in [-0.39, 0.29) is 11.7 Å². The van der Waals surface area contributed by atoms with E-state index in [1.54, 1.807) is 12.3 Å². The third-order valence-corrected chi connectivity index (χ3v) is 6.37. The Balaban J connectivity index is 1.57. The molecule has 1 N–H and O–H groups in total. The molecule has 158 valence electrons. The maximum atomic E-state index is 12.9. The molecule has 1 fully saturated rings. The fraction of sp³-hybridized carbons (Fsp3) is 0.286. The molecule has 3 aromatic carbocycles. The number of Topliss-reactive ketones (excluding diaryl/α,β-unsaturated/α-hetero) is 1. The van der Waals surface area contributed by atoms with Gasteiger partial charge in [0.15, 0.2) is 5.78 Å². The lowest BCUT2D eigenvalue weighted by Gasteiger charge is -2.30. The third-order valence-electron chi connectivity index (χ3n) is 6.37. The summed E-state index contributed by atoms with van der Waals surface area (Å²) in [5, 5.41) is 12.3. The van der Waals surface area contributed by atoms with Crippen LogP contribution in [0.3, 0.4) is 0 Å². The number of rotatable bonds is 4. The number of ketones is 1. The minimum Gasteiger partial charge on any atom is -0.507 e. The molecule has 0 saturated heterocycles. The Kier molecular flexibility index (Phi) is 6.03. The minimum absolute atomic E-state index is 0.139. The molecular formula is C28H29NO2. The molecule has 0 aliphatic heterocycles. The van der Waals surface area contributed by atoms with Crippen LogP contribution in [0.25, 0.3) is 16.8 Å². The number of hydrogen-bond acceptors (Lipinski definition) is 3. The van der Waals surface area contributed by atoms with Gasteiger partial charge in [-0.05, 0) is 70.9 Å². The van der Waals surface area contributed by atoms with Gasteiger partial charge in [-0.25, -0.2) is 0 Å². The van der Waals surface area contributed by atoms with Gasteiger partial charge < -0.3 is 5.11 Å². The van der Waals surface area contributed by atoms with E-state index >= 15 is 0 Å². The van der Waals surface area contributed by atoms with Crippen molar-refractivity contribution in [1.82, 2.24) is 0 Å². The standard InChI is InChI=1S/C28H29NO2/c1-18(2)23-14-8-19(3)25(28(23)31)16-20-9-12-22(13-10-20)29-17-26-24-7-5-4-6-21(24)11-15-27(26)30/h4-7,9-13,15-19,23,30H,8,14H2,1-3H3/t19-,23-/m0/s1. The van der Waals surface area contributed by atoms with Crippen molar-refractivity contribution >= 4 is 34.5 Å². The summed E-state index contributed by atoms with van der Waals surface area (Å²) in [5.41, 5.74) is 3.48. The fourth-order valence-corrected chi connectivity index (χ4v) is 4.42. The average Bonchev–Trinajstić information content (AvgIpc) is 2.76. The average molecular weight is 412 g/mol. The van der Waals surface area contributed by atoms with Crippen molar-refractivity contribution in [1.29, 1.82) is 0 Å². The van der Waals surface area contributed by atoms with Gasteiger partial charge in [-0.15, -0.1) is 0 Å². The number of hydrogen-bond donors (Lipinski definition) is 1. The number of phenolic OH excluding ortho intramolecular Hbond substituents is 1. The number of carbonyl (C=O) groups is 1. The van der Waals surface area contributed by atoms with Crippen LogP contribution < -0.4 is 0 Å². The summed E-state index contributed by atoms with van der Waals surface area (Å²) < 4.78 is 0. The quantitative estimate of drug-likeness (QED) is 0.373. The van der Waals surface area contributed by atoms with Crippen LogP contribution in [0.15, 0.2) is 71.2 Å². The topological polar surface area (TPSA) is 49.7 Å². The lowest BCUT2D eigenvalue weighted by Crippen LogP contribution is -2.30. The molecular weight excluding hydrogens is 382 g/mol. The highest BCUT2D eigenvalue weighted by atomic mass is 16.3. The summed E-state index contributed by atoms with van der Waals surface area (Å²) in [6.45, 7) is 6.42. The second kappa shape index (κ2) is 8.89. The number of aromatic hydroxyl groups is 1. The van der Waals surface area contributed by atoms with Gasteiger partial charge in [0.25, 0.3) is 0 Å². The molecule has 2 atom stereocenters. The minimum atomic E-state index is 0.139. The number of fused-ring (bicyclic) bond motifs is 1. The zero-order valence-corrected chi connectivity index (χ0v) is 18.4. The molecule has 31 heavy (non-hydrogen) atoms. The van der Waals surface area contributed by atoms with Crippen LogP contribution >= 0.6 is 0 Å². The molecule has 4 rings (SSSR count). The van der Waals surface area contributed by atoms with Crippen LogP contribution in [-0.4, -0.2) is 17.1 Å². The molecule has 0 aromatic heterocycles. The third kappa shape index (κ3) is 4.46. The van der Waals surface area contributed by atoms with Crippen molar-refractivity contribution in [2.24, 2.45) is 22.7 Å². The first-order valence-corrected chi connectivity index (χ1v) is 11.0. The van der Waals surface area contributed by atoms with E-state index in [4.69, 9.17) is 0 Å². The molecule has 0 spiro atoms. The number of nitrogens with zero attached hydrogens (tertiary/aromatic N) is 1. The highest BCUT2D eigenvalue weighted by molar-refractivity contribution is 6.03. The molecule has 0 heterocycles. The predicted octanol–water partition coefficient (Wildman–Crippen LogP) is 6.95. The Morgan fingerprint density at radius 1 is 1.00 bits per heavy atom. The van der Waals surface area contributed by atoms with Crippen molar-refractivity contribution in [2.75, 3.05) is 0 Å². The zero-order valence-electron chi connectivity index (χ0n) is 18.4. The first kappa shape index (κ1) is 21.0. The van der Waals surface area contributed by atoms with E-state index in [2.05, 4.69) is 25.8 Å². The SMILES string of the molecule is CC(C)[C@@H]1CC[C@H](C)C(=Cc2ccc(N=Cc3c(O)ccc4ccccc34)cc2)C1=O. The van der Waals surface area contributed by atoms with Gasteiger partial charge in [0.1, 0.15) is 5.75 Å². The van der Waals surface area contributed by atoms with Crippen LogP contribution in [0, 0.1) is 17.8 Å². The summed E-state index contributed by atoms with van der Waals surface area (Å²) >= 11 is 0. The Morgan fingerprint density at radius 3 is 2.48 bits per heavy atom. The summed E-state index contributed by atoms with van der Waals surface area (Å²) in [6, 6.07) is 19.4. The number of benzene rings is 3. The largest absolute Gasteiger partial charge is 0.507 e. The molecule has 0 bridgehead atoms. The van der Waals surface area contributed by atoms with E-state index < -0.39 is 0 Å². The lowest BCUT2D eigenvalue weighted by atomic mass is 9.73. The van der Waals surface area contributed by atoms with Crippen LogP contribution in [0.2, 0.25) is 0 Å². The fourth-order valence-electron chi connectivity index (χ4n) is 4.42. The van der Waals surface area contributed by atoms with E-state index in [0.29, 0.717) is 23.2 Å². The van der Waals surface area contributed by atoms with Gasteiger partial charge in [0.2, 0.25) is 0 Å². The molecule has 3 heteroatoms. The number of aliphatic imine (C=N–C) groups is 1. The van der Waals surface area contributed by atoms with Crippen LogP contribution in [0.5, 0.6) is 5.75 Å². The molecule has 0 radical (unpaired) electrons. The van der Waals surface area contributed by atoms with Gasteiger partial charge in [0.05, 0.1) is 5.69 Å². The Hall–Kier alpha value is -3.20. The number of carbonyl (C=O) groups excluding carboxylic acids is 1. The van der Waals surface area contributed by atoms with Crippen LogP contribution in [0.4, 0.5) is 5.69 Å². The summed E-state index contributed by atoms with van der Waals surface area (Å²) in [5.74, 6) is 1.34. The molecule has 3 aromatic rings. The number of allylic oxidation sites excluding steroid dienone is 1. The van der Waals surface area contributed by atoms with Crippen LogP contribution in [0.1, 0.15) is 44.7 Å². The van der Waals surface area contributed by atoms with Gasteiger partial charge in [-0.3, -0.25) is 9.79 Å². The summed E-state index contributed by atoms with van der Waals surface area (Å²) in [6.07, 6.45) is 5.82. The van der Waals surface area contributed by atoms with Crippen molar-refractivity contribution in [3.05, 3.63) is 77.4 Å². The predicted molar refractivity (Wildman–Crippen MR) is 129 cm³/mol. The van der Waals surface area contributed by atoms with E-state index in [0.717, 1.165) is 40.4 Å². The molecule has 0 amide bonds. The van der Waals surface area contributed by atoms with E-state index in [1.165, 1.54) is 0 Å². The summed E-state index contributed by atoms with van der Waals surface area (Å²) in [7, 11) is 0. The second-order valence-corrected chi connectivity index (χ2v) is 8.86. The normalized spacial score (nSPS) is 20.9. The highest BCUT2D eigenvalue weighted by Gasteiger charge is 2.32. The van der Waals surface area contributed by atoms with Gasteiger partial charge in [-0.1, -0.05) is 63.2 Å². The Morgan fingerprint density at radius 2 is 1.74 bits per heavy atom. The maximum Gasteiger partial charge on any atom is 0.162 e.